The van der Waals surface area contributed by atoms with Crippen molar-refractivity contribution in [1.82, 2.24) is 15.0 Å². The fourth-order valence-corrected chi connectivity index (χ4v) is 2.39. The molecule has 128 valence electrons. The summed E-state index contributed by atoms with van der Waals surface area (Å²) in [5.74, 6) is 1.11. The van der Waals surface area contributed by atoms with Gasteiger partial charge in [-0.15, -0.1) is 24.8 Å². The zero-order chi connectivity index (χ0) is 15.7. The van der Waals surface area contributed by atoms with E-state index in [4.69, 9.17) is 21.9 Å². The van der Waals surface area contributed by atoms with Crippen molar-refractivity contribution in [3.05, 3.63) is 41.7 Å². The molecule has 3 rings (SSSR count). The van der Waals surface area contributed by atoms with Crippen molar-refractivity contribution in [2.75, 3.05) is 24.3 Å². The minimum Gasteiger partial charge on any atom is -0.495 e. The topological polar surface area (TPSA) is 126 Å². The maximum absolute atomic E-state index is 6.11. The average Bonchev–Trinajstić information content (AvgIpc) is 2.52. The Morgan fingerprint density at radius 1 is 1.08 bits per heavy atom. The number of nitrogen functional groups attached to an aromatic ring is 3. The zero-order valence-electron chi connectivity index (χ0n) is 12.9. The lowest BCUT2D eigenvalue weighted by Gasteiger charge is -2.13. The van der Waals surface area contributed by atoms with Gasteiger partial charge in [0.25, 0.3) is 0 Å². The molecule has 0 unspecified atom stereocenters. The molecule has 0 saturated carbocycles. The van der Waals surface area contributed by atoms with Gasteiger partial charge in [-0.3, -0.25) is 4.98 Å². The summed E-state index contributed by atoms with van der Waals surface area (Å²) in [5, 5.41) is 0.840. The van der Waals surface area contributed by atoms with Crippen LogP contribution in [-0.4, -0.2) is 22.1 Å². The standard InChI is InChI=1S/C15H16N6O.2ClH/c1-22-11-6-8(5-9-7-20-15(18)21-14(9)17)13-10(12(11)16)3-2-4-19-13;;/h2-4,6-7H,5,16H2,1H3,(H4,17,18,20,21);2*1H. The van der Waals surface area contributed by atoms with E-state index < -0.39 is 0 Å². The van der Waals surface area contributed by atoms with Crippen molar-refractivity contribution < 1.29 is 4.74 Å². The second-order valence-electron chi connectivity index (χ2n) is 4.87. The molecular formula is C15H18Cl2N6O. The second kappa shape index (κ2) is 7.85. The van der Waals surface area contributed by atoms with Crippen LogP contribution >= 0.6 is 24.8 Å². The number of aromatic nitrogens is 3. The quantitative estimate of drug-likeness (QED) is 0.604. The number of rotatable bonds is 3. The van der Waals surface area contributed by atoms with E-state index in [1.165, 1.54) is 0 Å². The molecule has 7 nitrogen and oxygen atoms in total. The van der Waals surface area contributed by atoms with Crippen LogP contribution in [0.2, 0.25) is 0 Å². The number of pyridine rings is 1. The van der Waals surface area contributed by atoms with Crippen LogP contribution < -0.4 is 21.9 Å². The summed E-state index contributed by atoms with van der Waals surface area (Å²) in [6, 6.07) is 5.61. The van der Waals surface area contributed by atoms with Gasteiger partial charge < -0.3 is 21.9 Å². The van der Waals surface area contributed by atoms with Gasteiger partial charge in [-0.25, -0.2) is 4.98 Å². The highest BCUT2D eigenvalue weighted by atomic mass is 35.5. The Morgan fingerprint density at radius 2 is 1.83 bits per heavy atom. The number of nitrogens with two attached hydrogens (primary N) is 3. The van der Waals surface area contributed by atoms with Gasteiger partial charge in [-0.05, 0) is 23.8 Å². The van der Waals surface area contributed by atoms with Crippen LogP contribution in [0.1, 0.15) is 11.1 Å². The smallest absolute Gasteiger partial charge is 0.221 e. The van der Waals surface area contributed by atoms with Crippen molar-refractivity contribution in [1.29, 1.82) is 0 Å². The molecule has 24 heavy (non-hydrogen) atoms. The Bertz CT molecular complexity index is 859. The van der Waals surface area contributed by atoms with Gasteiger partial charge >= 0.3 is 0 Å². The first-order valence-corrected chi connectivity index (χ1v) is 6.67. The molecule has 0 radical (unpaired) electrons. The van der Waals surface area contributed by atoms with E-state index >= 15 is 0 Å². The Balaban J connectivity index is 0.00000144. The number of hydrogen-bond acceptors (Lipinski definition) is 7. The molecule has 0 spiro atoms. The number of halogens is 2. The molecular weight excluding hydrogens is 351 g/mol. The average molecular weight is 369 g/mol. The number of benzene rings is 1. The van der Waals surface area contributed by atoms with Crippen LogP contribution in [0.25, 0.3) is 10.9 Å². The molecule has 6 N–H and O–H groups in total. The predicted molar refractivity (Wildman–Crippen MR) is 101 cm³/mol. The molecule has 0 aliphatic heterocycles. The fraction of sp³-hybridized carbons (Fsp3) is 0.133. The minimum atomic E-state index is 0. The lowest BCUT2D eigenvalue weighted by molar-refractivity contribution is 0.417. The van der Waals surface area contributed by atoms with E-state index in [9.17, 15) is 0 Å². The molecule has 9 heteroatoms. The first-order chi connectivity index (χ1) is 10.6. The van der Waals surface area contributed by atoms with Crippen molar-refractivity contribution >= 4 is 53.2 Å². The van der Waals surface area contributed by atoms with E-state index in [1.807, 2.05) is 18.2 Å². The Hall–Kier alpha value is -2.51. The summed E-state index contributed by atoms with van der Waals surface area (Å²) < 4.78 is 5.35. The number of nitrogens with zero attached hydrogens (tertiary/aromatic N) is 3. The van der Waals surface area contributed by atoms with Crippen LogP contribution in [0.3, 0.4) is 0 Å². The first kappa shape index (κ1) is 19.5. The number of ether oxygens (including phenoxy) is 1. The Labute approximate surface area is 151 Å². The number of hydrogen-bond donors (Lipinski definition) is 3. The molecule has 0 atom stereocenters. The summed E-state index contributed by atoms with van der Waals surface area (Å²) in [4.78, 5) is 12.4. The third-order valence-corrected chi connectivity index (χ3v) is 3.49. The number of methoxy groups -OCH3 is 1. The van der Waals surface area contributed by atoms with Crippen LogP contribution in [0.4, 0.5) is 17.5 Å². The van der Waals surface area contributed by atoms with Gasteiger partial charge in [0.05, 0.1) is 18.3 Å². The predicted octanol–water partition coefficient (Wildman–Crippen LogP) is 2.21. The van der Waals surface area contributed by atoms with Gasteiger partial charge in [-0.1, -0.05) is 0 Å². The maximum Gasteiger partial charge on any atom is 0.221 e. The summed E-state index contributed by atoms with van der Waals surface area (Å²) in [7, 11) is 1.58. The first-order valence-electron chi connectivity index (χ1n) is 6.67. The molecule has 0 aliphatic carbocycles. The molecule has 0 aliphatic rings. The van der Waals surface area contributed by atoms with E-state index in [0.717, 1.165) is 22.0 Å². The monoisotopic (exact) mass is 368 g/mol. The van der Waals surface area contributed by atoms with Gasteiger partial charge in [0, 0.05) is 29.8 Å². The normalized spacial score (nSPS) is 9.88. The second-order valence-corrected chi connectivity index (χ2v) is 4.87. The SMILES string of the molecule is COc1cc(Cc2cnc(N)nc2N)c2ncccc2c1N.Cl.Cl. The molecule has 3 aromatic rings. The molecule has 2 aromatic heterocycles. The van der Waals surface area contributed by atoms with E-state index in [0.29, 0.717) is 23.7 Å². The van der Waals surface area contributed by atoms with Gasteiger partial charge in [0.2, 0.25) is 5.95 Å². The van der Waals surface area contributed by atoms with Crippen LogP contribution in [0, 0.1) is 0 Å². The third-order valence-electron chi connectivity index (χ3n) is 3.49. The zero-order valence-corrected chi connectivity index (χ0v) is 14.5. The Kier molecular flexibility index (Phi) is 6.39. The number of anilines is 3. The van der Waals surface area contributed by atoms with E-state index in [-0.39, 0.29) is 30.8 Å². The van der Waals surface area contributed by atoms with Gasteiger partial charge in [0.15, 0.2) is 0 Å². The number of fused-ring (bicyclic) bond motifs is 1. The van der Waals surface area contributed by atoms with Crippen LogP contribution in [-0.2, 0) is 6.42 Å². The maximum atomic E-state index is 6.11. The highest BCUT2D eigenvalue weighted by molar-refractivity contribution is 5.95. The van der Waals surface area contributed by atoms with Crippen molar-refractivity contribution in [2.45, 2.75) is 6.42 Å². The van der Waals surface area contributed by atoms with Crippen LogP contribution in [0.5, 0.6) is 5.75 Å². The van der Waals surface area contributed by atoms with Crippen molar-refractivity contribution in [3.8, 4) is 5.75 Å². The highest BCUT2D eigenvalue weighted by Gasteiger charge is 2.13. The summed E-state index contributed by atoms with van der Waals surface area (Å²) >= 11 is 0. The van der Waals surface area contributed by atoms with Gasteiger partial charge in [0.1, 0.15) is 11.6 Å². The van der Waals surface area contributed by atoms with Crippen molar-refractivity contribution in [2.24, 2.45) is 0 Å². The molecule has 0 saturated heterocycles. The summed E-state index contributed by atoms with van der Waals surface area (Å²) in [6.07, 6.45) is 3.85. The third kappa shape index (κ3) is 3.52. The fourth-order valence-electron chi connectivity index (χ4n) is 2.39. The van der Waals surface area contributed by atoms with E-state index in [2.05, 4.69) is 15.0 Å². The largest absolute Gasteiger partial charge is 0.495 e. The lowest BCUT2D eigenvalue weighted by Crippen LogP contribution is -2.05. The molecule has 0 amide bonds. The lowest BCUT2D eigenvalue weighted by atomic mass is 10.0. The summed E-state index contributed by atoms with van der Waals surface area (Å²) in [6.45, 7) is 0. The molecule has 2 heterocycles. The minimum absolute atomic E-state index is 0. The molecule has 1 aromatic carbocycles. The van der Waals surface area contributed by atoms with Gasteiger partial charge in [-0.2, -0.15) is 4.98 Å². The van der Waals surface area contributed by atoms with Crippen molar-refractivity contribution in [3.63, 3.8) is 0 Å². The molecule has 0 fully saturated rings. The summed E-state index contributed by atoms with van der Waals surface area (Å²) in [5.41, 5.74) is 20.6. The molecule has 0 bridgehead atoms. The van der Waals surface area contributed by atoms with Crippen LogP contribution in [0.15, 0.2) is 30.6 Å². The van der Waals surface area contributed by atoms with E-state index in [1.54, 1.807) is 19.5 Å². The Morgan fingerprint density at radius 3 is 2.50 bits per heavy atom. The highest BCUT2D eigenvalue weighted by Crippen LogP contribution is 2.33.